The Kier molecular flexibility index (Phi) is 2.12. The summed E-state index contributed by atoms with van der Waals surface area (Å²) in [5.74, 6) is 0.652. The van der Waals surface area contributed by atoms with Crippen LogP contribution in [0.2, 0.25) is 0 Å². The maximum Gasteiger partial charge on any atom is 0.191 e. The number of nitrogens with two attached hydrogens (primary N) is 1. The number of aryl methyl sites for hydroxylation is 1. The van der Waals surface area contributed by atoms with Crippen LogP contribution in [0.5, 0.6) is 0 Å². The van der Waals surface area contributed by atoms with E-state index in [-0.39, 0.29) is 0 Å². The number of oxazole rings is 1. The van der Waals surface area contributed by atoms with Gasteiger partial charge in [0.1, 0.15) is 17.0 Å². The molecule has 5 heteroatoms. The van der Waals surface area contributed by atoms with Gasteiger partial charge in [-0.15, -0.1) is 11.3 Å². The summed E-state index contributed by atoms with van der Waals surface area (Å²) in [7, 11) is 0. The van der Waals surface area contributed by atoms with E-state index in [9.17, 15) is 0 Å². The first kappa shape index (κ1) is 8.40. The van der Waals surface area contributed by atoms with Crippen molar-refractivity contribution in [1.29, 1.82) is 0 Å². The Hall–Kier alpha value is -1.20. The van der Waals surface area contributed by atoms with Gasteiger partial charge in [-0.1, -0.05) is 0 Å². The van der Waals surface area contributed by atoms with E-state index in [1.807, 2.05) is 0 Å². The predicted molar refractivity (Wildman–Crippen MR) is 50.2 cm³/mol. The first-order valence-corrected chi connectivity index (χ1v) is 4.68. The molecule has 0 bridgehead atoms. The SMILES string of the molecule is Cc1nc(-c2ncc(CN)s2)co1. The zero-order valence-electron chi connectivity index (χ0n) is 7.15. The number of hydrogen-bond acceptors (Lipinski definition) is 5. The zero-order chi connectivity index (χ0) is 9.26. The Morgan fingerprint density at radius 1 is 1.62 bits per heavy atom. The van der Waals surface area contributed by atoms with Crippen LogP contribution in [0.3, 0.4) is 0 Å². The molecule has 2 rings (SSSR count). The van der Waals surface area contributed by atoms with Crippen LogP contribution < -0.4 is 5.73 Å². The molecule has 0 aliphatic carbocycles. The van der Waals surface area contributed by atoms with Crippen molar-refractivity contribution in [2.75, 3.05) is 0 Å². The van der Waals surface area contributed by atoms with Crippen molar-refractivity contribution in [2.24, 2.45) is 5.73 Å². The first-order valence-electron chi connectivity index (χ1n) is 3.87. The van der Waals surface area contributed by atoms with Gasteiger partial charge in [0.2, 0.25) is 0 Å². The van der Waals surface area contributed by atoms with Gasteiger partial charge < -0.3 is 10.2 Å². The van der Waals surface area contributed by atoms with Crippen LogP contribution in [-0.2, 0) is 6.54 Å². The fraction of sp³-hybridized carbons (Fsp3) is 0.250. The summed E-state index contributed by atoms with van der Waals surface area (Å²) in [6, 6.07) is 0. The van der Waals surface area contributed by atoms with Crippen LogP contribution in [-0.4, -0.2) is 9.97 Å². The normalized spacial score (nSPS) is 10.6. The van der Waals surface area contributed by atoms with Crippen LogP contribution in [0.1, 0.15) is 10.8 Å². The summed E-state index contributed by atoms with van der Waals surface area (Å²) in [6.07, 6.45) is 3.37. The van der Waals surface area contributed by atoms with Crippen molar-refractivity contribution in [3.8, 4) is 10.7 Å². The van der Waals surface area contributed by atoms with Gasteiger partial charge >= 0.3 is 0 Å². The van der Waals surface area contributed by atoms with Gasteiger partial charge in [0.15, 0.2) is 5.89 Å². The Morgan fingerprint density at radius 2 is 2.46 bits per heavy atom. The zero-order valence-corrected chi connectivity index (χ0v) is 7.97. The number of rotatable bonds is 2. The lowest BCUT2D eigenvalue weighted by Crippen LogP contribution is -1.91. The molecule has 0 fully saturated rings. The molecule has 0 saturated heterocycles. The van der Waals surface area contributed by atoms with Crippen LogP contribution in [0.25, 0.3) is 10.7 Å². The lowest BCUT2D eigenvalue weighted by Gasteiger charge is -1.84. The van der Waals surface area contributed by atoms with E-state index in [1.165, 1.54) is 0 Å². The molecule has 0 saturated carbocycles. The van der Waals surface area contributed by atoms with Crippen molar-refractivity contribution < 1.29 is 4.42 Å². The molecule has 0 aliphatic rings. The van der Waals surface area contributed by atoms with Crippen LogP contribution in [0.15, 0.2) is 16.9 Å². The Balaban J connectivity index is 2.35. The van der Waals surface area contributed by atoms with Crippen LogP contribution >= 0.6 is 11.3 Å². The van der Waals surface area contributed by atoms with Crippen LogP contribution in [0, 0.1) is 6.92 Å². The molecule has 0 amide bonds. The third-order valence-corrected chi connectivity index (χ3v) is 2.64. The summed E-state index contributed by atoms with van der Waals surface area (Å²) >= 11 is 1.54. The average Bonchev–Trinajstić information content (AvgIpc) is 2.71. The van der Waals surface area contributed by atoms with E-state index in [0.29, 0.717) is 12.4 Å². The average molecular weight is 195 g/mol. The largest absolute Gasteiger partial charge is 0.449 e. The molecule has 0 radical (unpaired) electrons. The number of thiazole rings is 1. The molecule has 13 heavy (non-hydrogen) atoms. The number of hydrogen-bond donors (Lipinski definition) is 1. The first-order chi connectivity index (χ1) is 6.29. The predicted octanol–water partition coefficient (Wildman–Crippen LogP) is 1.57. The quantitative estimate of drug-likeness (QED) is 0.789. The van der Waals surface area contributed by atoms with E-state index in [0.717, 1.165) is 15.6 Å². The molecule has 0 unspecified atom stereocenters. The third-order valence-electron chi connectivity index (χ3n) is 1.59. The van der Waals surface area contributed by atoms with E-state index < -0.39 is 0 Å². The Morgan fingerprint density at radius 3 is 3.00 bits per heavy atom. The summed E-state index contributed by atoms with van der Waals surface area (Å²) in [5, 5.41) is 0.859. The van der Waals surface area contributed by atoms with Gasteiger partial charge in [-0.2, -0.15) is 0 Å². The van der Waals surface area contributed by atoms with Gasteiger partial charge in [-0.05, 0) is 0 Å². The smallest absolute Gasteiger partial charge is 0.191 e. The van der Waals surface area contributed by atoms with Crippen molar-refractivity contribution in [2.45, 2.75) is 13.5 Å². The third kappa shape index (κ3) is 1.61. The lowest BCUT2D eigenvalue weighted by atomic mass is 10.5. The van der Waals surface area contributed by atoms with E-state index in [1.54, 1.807) is 30.7 Å². The minimum Gasteiger partial charge on any atom is -0.449 e. The Labute approximate surface area is 79.4 Å². The van der Waals surface area contributed by atoms with E-state index >= 15 is 0 Å². The molecule has 4 nitrogen and oxygen atoms in total. The second kappa shape index (κ2) is 3.27. The molecular weight excluding hydrogens is 186 g/mol. The Bertz CT molecular complexity index is 407. The van der Waals surface area contributed by atoms with Gasteiger partial charge in [0.05, 0.1) is 0 Å². The summed E-state index contributed by atoms with van der Waals surface area (Å²) < 4.78 is 5.09. The fourth-order valence-electron chi connectivity index (χ4n) is 0.982. The highest BCUT2D eigenvalue weighted by molar-refractivity contribution is 7.14. The molecule has 2 aromatic heterocycles. The van der Waals surface area contributed by atoms with E-state index in [4.69, 9.17) is 10.2 Å². The summed E-state index contributed by atoms with van der Waals surface area (Å²) in [5.41, 5.74) is 6.25. The lowest BCUT2D eigenvalue weighted by molar-refractivity contribution is 0.521. The van der Waals surface area contributed by atoms with Gasteiger partial charge in [0, 0.05) is 24.5 Å². The minimum atomic E-state index is 0.522. The summed E-state index contributed by atoms with van der Waals surface area (Å²) in [6.45, 7) is 2.33. The van der Waals surface area contributed by atoms with Gasteiger partial charge in [-0.25, -0.2) is 9.97 Å². The van der Waals surface area contributed by atoms with Crippen molar-refractivity contribution in [1.82, 2.24) is 9.97 Å². The summed E-state index contributed by atoms with van der Waals surface area (Å²) in [4.78, 5) is 9.41. The molecule has 0 spiro atoms. The molecular formula is C8H9N3OS. The highest BCUT2D eigenvalue weighted by Gasteiger charge is 2.07. The topological polar surface area (TPSA) is 64.9 Å². The highest BCUT2D eigenvalue weighted by Crippen LogP contribution is 2.23. The highest BCUT2D eigenvalue weighted by atomic mass is 32.1. The maximum atomic E-state index is 5.47. The van der Waals surface area contributed by atoms with Crippen molar-refractivity contribution in [3.05, 3.63) is 23.2 Å². The second-order valence-electron chi connectivity index (χ2n) is 2.59. The molecule has 68 valence electrons. The fourth-order valence-corrected chi connectivity index (χ4v) is 1.72. The molecule has 2 N–H and O–H groups in total. The number of nitrogens with zero attached hydrogens (tertiary/aromatic N) is 2. The van der Waals surface area contributed by atoms with Gasteiger partial charge in [-0.3, -0.25) is 0 Å². The van der Waals surface area contributed by atoms with E-state index in [2.05, 4.69) is 9.97 Å². The molecule has 0 aliphatic heterocycles. The molecule has 2 heterocycles. The number of aromatic nitrogens is 2. The standard InChI is InChI=1S/C8H9N3OS/c1-5-11-7(4-12-5)8-10-3-6(2-9)13-8/h3-4H,2,9H2,1H3. The molecule has 0 atom stereocenters. The van der Waals surface area contributed by atoms with Crippen LogP contribution in [0.4, 0.5) is 0 Å². The monoisotopic (exact) mass is 195 g/mol. The van der Waals surface area contributed by atoms with Crippen molar-refractivity contribution in [3.63, 3.8) is 0 Å². The maximum absolute atomic E-state index is 5.47. The molecule has 0 aromatic carbocycles. The van der Waals surface area contributed by atoms with Gasteiger partial charge in [0.25, 0.3) is 0 Å². The minimum absolute atomic E-state index is 0.522. The molecule has 2 aromatic rings. The second-order valence-corrected chi connectivity index (χ2v) is 3.70. The van der Waals surface area contributed by atoms with Crippen molar-refractivity contribution >= 4 is 11.3 Å².